The number of fused-ring (bicyclic) bond motifs is 12. The van der Waals surface area contributed by atoms with E-state index < -0.39 is 0 Å². The minimum absolute atomic E-state index is 0.238. The molecule has 4 heterocycles. The third kappa shape index (κ3) is 5.34. The Labute approximate surface area is 380 Å². The number of furan rings is 1. The monoisotopic (exact) mass is 844 g/mol. The van der Waals surface area contributed by atoms with Gasteiger partial charge >= 0.3 is 0 Å². The summed E-state index contributed by atoms with van der Waals surface area (Å²) in [4.78, 5) is 10.3. The number of hydrogen-bond acceptors (Lipinski definition) is 3. The number of rotatable bonds is 5. The lowest BCUT2D eigenvalue weighted by Crippen LogP contribution is -2.15. The molecule has 0 saturated carbocycles. The molecule has 4 aromatic heterocycles. The van der Waals surface area contributed by atoms with Crippen LogP contribution in [-0.2, 0) is 5.41 Å². The zero-order chi connectivity index (χ0) is 43.7. The molecule has 0 atom stereocenters. The predicted molar refractivity (Wildman–Crippen MR) is 272 cm³/mol. The first-order valence-corrected chi connectivity index (χ1v) is 22.6. The molecule has 0 spiro atoms. The molecule has 9 aromatic carbocycles. The Morgan fingerprint density at radius 2 is 0.924 bits per heavy atom. The lowest BCUT2D eigenvalue weighted by Gasteiger charge is -2.21. The molecule has 0 bridgehead atoms. The largest absolute Gasteiger partial charge is 0.456 e. The third-order valence-corrected chi connectivity index (χ3v) is 14.1. The van der Waals surface area contributed by atoms with E-state index in [1.165, 1.54) is 49.4 Å². The van der Waals surface area contributed by atoms with Crippen molar-refractivity contribution in [2.24, 2.45) is 0 Å². The van der Waals surface area contributed by atoms with Crippen molar-refractivity contribution in [3.05, 3.63) is 217 Å². The molecule has 66 heavy (non-hydrogen) atoms. The van der Waals surface area contributed by atoms with Crippen LogP contribution in [0.25, 0.3) is 122 Å². The van der Waals surface area contributed by atoms with Crippen LogP contribution in [0, 0.1) is 0 Å². The van der Waals surface area contributed by atoms with Crippen LogP contribution < -0.4 is 0 Å². The van der Waals surface area contributed by atoms with Crippen molar-refractivity contribution in [3.8, 4) is 56.4 Å². The quantitative estimate of drug-likeness (QED) is 0.173. The summed E-state index contributed by atoms with van der Waals surface area (Å²) in [6.07, 6.45) is 0. The maximum atomic E-state index is 6.43. The average molecular weight is 845 g/mol. The standard InChI is InChI=1S/C61H40N4O/c1-61(2)50-34-57-48(32-44(50)45-33-49-43-23-13-15-25-58(43)66-59(49)35-51(45)61)42-22-12-14-24-54(42)65(57)41-27-29-56-47(31-41)46-30-39(26-28-55(46)64(56)40-20-10-5-11-21-40)53-36-52(37-16-6-3-7-17-37)62-60(63-53)38-18-8-4-9-19-38/h3-36H,1-2H3. The summed E-state index contributed by atoms with van der Waals surface area (Å²) in [6, 6.07) is 74.1. The van der Waals surface area contributed by atoms with Crippen molar-refractivity contribution >= 4 is 65.6 Å². The maximum absolute atomic E-state index is 6.43. The molecule has 1 aliphatic carbocycles. The zero-order valence-electron chi connectivity index (χ0n) is 36.3. The highest BCUT2D eigenvalue weighted by atomic mass is 16.3. The highest BCUT2D eigenvalue weighted by Crippen LogP contribution is 2.53. The molecular formula is C61H40N4O. The van der Waals surface area contributed by atoms with Crippen LogP contribution in [0.4, 0.5) is 0 Å². The van der Waals surface area contributed by atoms with Gasteiger partial charge in [-0.25, -0.2) is 9.97 Å². The lowest BCUT2D eigenvalue weighted by atomic mass is 9.82. The second kappa shape index (κ2) is 13.7. The molecule has 0 aliphatic heterocycles. The maximum Gasteiger partial charge on any atom is 0.160 e. The summed E-state index contributed by atoms with van der Waals surface area (Å²) < 4.78 is 11.3. The molecular weight excluding hydrogens is 805 g/mol. The van der Waals surface area contributed by atoms with Crippen LogP contribution in [0.3, 0.4) is 0 Å². The molecule has 13 aromatic rings. The van der Waals surface area contributed by atoms with Crippen LogP contribution in [0.15, 0.2) is 211 Å². The zero-order valence-corrected chi connectivity index (χ0v) is 36.3. The van der Waals surface area contributed by atoms with Gasteiger partial charge < -0.3 is 13.6 Å². The lowest BCUT2D eigenvalue weighted by molar-refractivity contribution is 0.647. The minimum Gasteiger partial charge on any atom is -0.456 e. The molecule has 5 heteroatoms. The van der Waals surface area contributed by atoms with Gasteiger partial charge in [-0.3, -0.25) is 0 Å². The van der Waals surface area contributed by atoms with Gasteiger partial charge in [0.05, 0.1) is 33.5 Å². The normalized spacial score (nSPS) is 13.1. The second-order valence-electron chi connectivity index (χ2n) is 18.2. The van der Waals surface area contributed by atoms with Crippen LogP contribution in [0.1, 0.15) is 25.0 Å². The highest BCUT2D eigenvalue weighted by molar-refractivity contribution is 6.15. The topological polar surface area (TPSA) is 48.8 Å². The number of benzene rings is 9. The fourth-order valence-electron chi connectivity index (χ4n) is 10.9. The molecule has 0 amide bonds. The molecule has 14 rings (SSSR count). The van der Waals surface area contributed by atoms with E-state index in [4.69, 9.17) is 14.4 Å². The molecule has 0 unspecified atom stereocenters. The van der Waals surface area contributed by atoms with Crippen LogP contribution in [-0.4, -0.2) is 19.1 Å². The summed E-state index contributed by atoms with van der Waals surface area (Å²) in [5.74, 6) is 0.702. The van der Waals surface area contributed by atoms with Crippen molar-refractivity contribution < 1.29 is 4.42 Å². The first-order valence-electron chi connectivity index (χ1n) is 22.6. The fourth-order valence-corrected chi connectivity index (χ4v) is 10.9. The number of hydrogen-bond donors (Lipinski definition) is 0. The van der Waals surface area contributed by atoms with E-state index in [1.54, 1.807) is 0 Å². The van der Waals surface area contributed by atoms with E-state index in [1.807, 2.05) is 30.3 Å². The van der Waals surface area contributed by atoms with Crippen LogP contribution in [0.5, 0.6) is 0 Å². The summed E-state index contributed by atoms with van der Waals surface area (Å²) in [5.41, 5.74) is 18.6. The first-order chi connectivity index (χ1) is 32.5. The van der Waals surface area contributed by atoms with E-state index in [2.05, 4.69) is 199 Å². The van der Waals surface area contributed by atoms with Gasteiger partial charge in [0.2, 0.25) is 0 Å². The van der Waals surface area contributed by atoms with Crippen molar-refractivity contribution in [2.45, 2.75) is 19.3 Å². The Morgan fingerprint density at radius 1 is 0.364 bits per heavy atom. The van der Waals surface area contributed by atoms with Gasteiger partial charge in [0.1, 0.15) is 11.2 Å². The summed E-state index contributed by atoms with van der Waals surface area (Å²) in [6.45, 7) is 4.71. The molecule has 310 valence electrons. The molecule has 0 saturated heterocycles. The van der Waals surface area contributed by atoms with Crippen molar-refractivity contribution in [3.63, 3.8) is 0 Å². The second-order valence-corrected chi connectivity index (χ2v) is 18.2. The summed E-state index contributed by atoms with van der Waals surface area (Å²) >= 11 is 0. The van der Waals surface area contributed by atoms with Gasteiger partial charge in [-0.1, -0.05) is 135 Å². The Bertz CT molecular complexity index is 4060. The third-order valence-electron chi connectivity index (χ3n) is 14.1. The van der Waals surface area contributed by atoms with Crippen molar-refractivity contribution in [1.82, 2.24) is 19.1 Å². The van der Waals surface area contributed by atoms with Gasteiger partial charge in [-0.15, -0.1) is 0 Å². The van der Waals surface area contributed by atoms with Gasteiger partial charge in [0, 0.05) is 65.8 Å². The SMILES string of the molecule is CC1(C)c2cc3oc4ccccc4c3cc2-c2cc3c4ccccc4n(-c4ccc5c(c4)c4cc(-c6cc(-c7ccccc7)nc(-c7ccccc7)n6)ccc4n5-c4ccccc4)c3cc21. The Kier molecular flexibility index (Phi) is 7.68. The van der Waals surface area contributed by atoms with Gasteiger partial charge in [-0.2, -0.15) is 0 Å². The Morgan fingerprint density at radius 3 is 1.70 bits per heavy atom. The molecule has 1 aliphatic rings. The van der Waals surface area contributed by atoms with Gasteiger partial charge in [0.25, 0.3) is 0 Å². The van der Waals surface area contributed by atoms with Crippen LogP contribution >= 0.6 is 0 Å². The molecule has 0 N–H and O–H groups in total. The van der Waals surface area contributed by atoms with E-state index >= 15 is 0 Å². The van der Waals surface area contributed by atoms with Crippen LogP contribution in [0.2, 0.25) is 0 Å². The van der Waals surface area contributed by atoms with E-state index in [0.717, 1.165) is 77.8 Å². The van der Waals surface area contributed by atoms with E-state index in [9.17, 15) is 0 Å². The summed E-state index contributed by atoms with van der Waals surface area (Å²) in [7, 11) is 0. The van der Waals surface area contributed by atoms with E-state index in [0.29, 0.717) is 5.82 Å². The smallest absolute Gasteiger partial charge is 0.160 e. The first kappa shape index (κ1) is 36.9. The minimum atomic E-state index is -0.238. The van der Waals surface area contributed by atoms with Crippen molar-refractivity contribution in [2.75, 3.05) is 0 Å². The fraction of sp³-hybridized carbons (Fsp3) is 0.0492. The Hall–Kier alpha value is -8.54. The molecule has 0 radical (unpaired) electrons. The number of para-hydroxylation sites is 3. The summed E-state index contributed by atoms with van der Waals surface area (Å²) in [5, 5.41) is 7.12. The van der Waals surface area contributed by atoms with Crippen molar-refractivity contribution in [1.29, 1.82) is 0 Å². The molecule has 0 fully saturated rings. The predicted octanol–water partition coefficient (Wildman–Crippen LogP) is 15.9. The van der Waals surface area contributed by atoms with Gasteiger partial charge in [0.15, 0.2) is 5.82 Å². The highest BCUT2D eigenvalue weighted by Gasteiger charge is 2.37. The van der Waals surface area contributed by atoms with Gasteiger partial charge in [-0.05, 0) is 107 Å². The number of aromatic nitrogens is 4. The Balaban J connectivity index is 0.994. The number of nitrogens with zero attached hydrogens (tertiary/aromatic N) is 4. The average Bonchev–Trinajstić information content (AvgIpc) is 4.07. The van der Waals surface area contributed by atoms with E-state index in [-0.39, 0.29) is 5.41 Å². The molecule has 5 nitrogen and oxygen atoms in total.